The molecule has 254 valence electrons. The standard InChI is InChI=1S/C36H48FN3O6Si/c1-24-34(47(3,4)37)31(21-33(43)39-18-10-13-27(39)23-41)46-36(24)29-20-28(45-2)15-16-30(29)40(35(36)44)22-25-11-9-12-26(19-25)38-17-8-6-5-7-14-32(38)42/h9,11-12,15-16,19-20,24,27,31,34,41H,5-8,10,13-14,17-18,21-23H2,1-4H3/t24-,27-,31+,34-,36+/m0/s1. The van der Waals surface area contributed by atoms with Crippen LogP contribution in [0.15, 0.2) is 42.5 Å². The molecule has 1 spiro atoms. The van der Waals surface area contributed by atoms with Crippen LogP contribution in [0.1, 0.15) is 69.4 Å². The smallest absolute Gasteiger partial charge is 0.264 e. The predicted octanol–water partition coefficient (Wildman–Crippen LogP) is 5.69. The number of carbonyl (C=O) groups is 3. The zero-order chi connectivity index (χ0) is 33.5. The van der Waals surface area contributed by atoms with E-state index in [1.807, 2.05) is 54.3 Å². The number of nitrogens with zero attached hydrogens (tertiary/aromatic N) is 3. The molecule has 3 fully saturated rings. The van der Waals surface area contributed by atoms with E-state index in [4.69, 9.17) is 9.47 Å². The molecule has 6 rings (SSSR count). The Labute approximate surface area is 278 Å². The van der Waals surface area contributed by atoms with Crippen LogP contribution in [0.2, 0.25) is 18.6 Å². The summed E-state index contributed by atoms with van der Waals surface area (Å²) in [6, 6.07) is 13.0. The van der Waals surface area contributed by atoms with Crippen LogP contribution >= 0.6 is 0 Å². The lowest BCUT2D eigenvalue weighted by atomic mass is 9.82. The predicted molar refractivity (Wildman–Crippen MR) is 181 cm³/mol. The van der Waals surface area contributed by atoms with E-state index in [9.17, 15) is 19.5 Å². The first kappa shape index (κ1) is 33.6. The molecule has 4 heterocycles. The number of amides is 3. The zero-order valence-corrected chi connectivity index (χ0v) is 29.0. The minimum Gasteiger partial charge on any atom is -0.497 e. The maximum atomic E-state index is 16.3. The molecule has 9 nitrogen and oxygen atoms in total. The Balaban J connectivity index is 1.35. The van der Waals surface area contributed by atoms with E-state index in [0.717, 1.165) is 49.8 Å². The van der Waals surface area contributed by atoms with Gasteiger partial charge in [-0.2, -0.15) is 0 Å². The molecule has 0 bridgehead atoms. The molecule has 3 saturated heterocycles. The number of ether oxygens (including phenoxy) is 2. The first-order valence-corrected chi connectivity index (χ1v) is 20.1. The van der Waals surface area contributed by atoms with Crippen LogP contribution in [0.4, 0.5) is 15.5 Å². The Bertz CT molecular complexity index is 1520. The van der Waals surface area contributed by atoms with E-state index in [0.29, 0.717) is 36.5 Å². The number of rotatable bonds is 8. The van der Waals surface area contributed by atoms with Gasteiger partial charge < -0.3 is 33.4 Å². The van der Waals surface area contributed by atoms with Gasteiger partial charge in [-0.15, -0.1) is 0 Å². The highest BCUT2D eigenvalue weighted by Gasteiger charge is 2.67. The lowest BCUT2D eigenvalue weighted by Gasteiger charge is -2.31. The molecule has 0 saturated carbocycles. The molecule has 3 amide bonds. The summed E-state index contributed by atoms with van der Waals surface area (Å²) in [4.78, 5) is 46.7. The highest BCUT2D eigenvalue weighted by atomic mass is 28.4. The summed E-state index contributed by atoms with van der Waals surface area (Å²) in [5, 5.41) is 9.85. The number of aliphatic hydroxyl groups is 1. The molecule has 0 aromatic heterocycles. The van der Waals surface area contributed by atoms with E-state index in [2.05, 4.69) is 0 Å². The molecule has 4 aliphatic rings. The summed E-state index contributed by atoms with van der Waals surface area (Å²) < 4.78 is 28.7. The lowest BCUT2D eigenvalue weighted by Crippen LogP contribution is -2.45. The van der Waals surface area contributed by atoms with Gasteiger partial charge >= 0.3 is 0 Å². The first-order valence-electron chi connectivity index (χ1n) is 17.2. The Morgan fingerprint density at radius 1 is 1.09 bits per heavy atom. The molecule has 11 heteroatoms. The van der Waals surface area contributed by atoms with E-state index in [1.165, 1.54) is 0 Å². The summed E-state index contributed by atoms with van der Waals surface area (Å²) in [7, 11) is -1.91. The van der Waals surface area contributed by atoms with Crippen molar-refractivity contribution in [2.45, 2.75) is 101 Å². The van der Waals surface area contributed by atoms with Gasteiger partial charge in [0, 0.05) is 42.2 Å². The third-order valence-electron chi connectivity index (χ3n) is 10.8. The van der Waals surface area contributed by atoms with Crippen molar-refractivity contribution in [2.24, 2.45) is 5.92 Å². The second-order valence-corrected chi connectivity index (χ2v) is 18.0. The van der Waals surface area contributed by atoms with Crippen LogP contribution < -0.4 is 14.5 Å². The molecule has 2 aromatic rings. The van der Waals surface area contributed by atoms with Crippen molar-refractivity contribution in [2.75, 3.05) is 36.6 Å². The summed E-state index contributed by atoms with van der Waals surface area (Å²) in [5.74, 6) is -0.335. The lowest BCUT2D eigenvalue weighted by molar-refractivity contribution is -0.150. The van der Waals surface area contributed by atoms with E-state index < -0.39 is 31.6 Å². The Morgan fingerprint density at radius 3 is 2.62 bits per heavy atom. The van der Waals surface area contributed by atoms with Gasteiger partial charge in [0.25, 0.3) is 5.91 Å². The Hall–Kier alpha value is -3.28. The summed E-state index contributed by atoms with van der Waals surface area (Å²) in [6.45, 7) is 6.48. The molecule has 4 aliphatic heterocycles. The molecule has 2 aromatic carbocycles. The summed E-state index contributed by atoms with van der Waals surface area (Å²) in [5.41, 5.74) is 0.863. The number of halogens is 1. The third-order valence-corrected chi connectivity index (χ3v) is 13.3. The largest absolute Gasteiger partial charge is 0.497 e. The Kier molecular flexibility index (Phi) is 9.52. The highest BCUT2D eigenvalue weighted by Crippen LogP contribution is 2.60. The minimum absolute atomic E-state index is 0.0495. The van der Waals surface area contributed by atoms with Gasteiger partial charge in [-0.3, -0.25) is 14.4 Å². The van der Waals surface area contributed by atoms with E-state index in [1.54, 1.807) is 30.0 Å². The van der Waals surface area contributed by atoms with Crippen molar-refractivity contribution in [3.8, 4) is 5.75 Å². The van der Waals surface area contributed by atoms with Crippen molar-refractivity contribution in [3.63, 3.8) is 0 Å². The number of carbonyl (C=O) groups excluding carboxylic acids is 3. The monoisotopic (exact) mass is 665 g/mol. The van der Waals surface area contributed by atoms with Crippen LogP contribution in [-0.2, 0) is 31.3 Å². The molecular formula is C36H48FN3O6Si. The number of hydrogen-bond donors (Lipinski definition) is 1. The zero-order valence-electron chi connectivity index (χ0n) is 28.0. The van der Waals surface area contributed by atoms with Crippen LogP contribution in [0, 0.1) is 5.92 Å². The maximum absolute atomic E-state index is 16.3. The average Bonchev–Trinajstić information content (AvgIpc) is 3.69. The number of fused-ring (bicyclic) bond motifs is 2. The number of methoxy groups -OCH3 is 1. The number of anilines is 2. The van der Waals surface area contributed by atoms with Gasteiger partial charge in [-0.1, -0.05) is 31.9 Å². The fraction of sp³-hybridized carbons (Fsp3) is 0.583. The molecule has 5 atom stereocenters. The van der Waals surface area contributed by atoms with Gasteiger partial charge in [-0.05, 0) is 74.7 Å². The topological polar surface area (TPSA) is 99.6 Å². The molecular weight excluding hydrogens is 617 g/mol. The van der Waals surface area contributed by atoms with Crippen molar-refractivity contribution >= 4 is 37.5 Å². The third kappa shape index (κ3) is 6.10. The van der Waals surface area contributed by atoms with Crippen molar-refractivity contribution in [1.82, 2.24) is 4.90 Å². The fourth-order valence-corrected chi connectivity index (χ4v) is 11.1. The average molecular weight is 666 g/mol. The number of likely N-dealkylation sites (tertiary alicyclic amines) is 1. The van der Waals surface area contributed by atoms with E-state index in [-0.39, 0.29) is 43.3 Å². The number of hydrogen-bond acceptors (Lipinski definition) is 6. The van der Waals surface area contributed by atoms with E-state index >= 15 is 4.11 Å². The second kappa shape index (κ2) is 13.3. The Morgan fingerprint density at radius 2 is 1.87 bits per heavy atom. The van der Waals surface area contributed by atoms with Crippen molar-refractivity contribution in [1.29, 1.82) is 0 Å². The normalized spacial score (nSPS) is 28.2. The molecule has 0 aliphatic carbocycles. The van der Waals surface area contributed by atoms with Gasteiger partial charge in [0.05, 0.1) is 44.5 Å². The second-order valence-electron chi connectivity index (χ2n) is 14.2. The van der Waals surface area contributed by atoms with Gasteiger partial charge in [-0.25, -0.2) is 0 Å². The van der Waals surface area contributed by atoms with Crippen molar-refractivity contribution < 1.29 is 33.1 Å². The summed E-state index contributed by atoms with van der Waals surface area (Å²) in [6.07, 6.45) is 5.23. The first-order chi connectivity index (χ1) is 22.5. The van der Waals surface area contributed by atoms with Gasteiger partial charge in [0.15, 0.2) is 5.60 Å². The summed E-state index contributed by atoms with van der Waals surface area (Å²) >= 11 is 0. The highest BCUT2D eigenvalue weighted by molar-refractivity contribution is 6.72. The quantitative estimate of drug-likeness (QED) is 0.288. The van der Waals surface area contributed by atoms with Crippen LogP contribution in [0.25, 0.3) is 0 Å². The van der Waals surface area contributed by atoms with Gasteiger partial charge in [0.1, 0.15) is 5.75 Å². The number of benzene rings is 2. The molecule has 0 unspecified atom stereocenters. The van der Waals surface area contributed by atoms with Crippen molar-refractivity contribution in [3.05, 3.63) is 53.6 Å². The molecule has 47 heavy (non-hydrogen) atoms. The van der Waals surface area contributed by atoms with Crippen LogP contribution in [-0.4, -0.2) is 75.1 Å². The minimum atomic E-state index is -3.47. The van der Waals surface area contributed by atoms with Gasteiger partial charge in [0.2, 0.25) is 20.2 Å². The maximum Gasteiger partial charge on any atom is 0.264 e. The fourth-order valence-electron chi connectivity index (χ4n) is 8.59. The van der Waals surface area contributed by atoms with Crippen LogP contribution in [0.3, 0.4) is 0 Å². The van der Waals surface area contributed by atoms with Crippen LogP contribution in [0.5, 0.6) is 5.75 Å². The SMILES string of the molecule is COc1ccc2c(c1)[C@@]1(O[C@H](CC(=O)N3CCC[C@H]3CO)[C@@H]([Si](C)(C)F)[C@@H]1C)C(=O)N2Cc1cccc(N2CCCCCCC2=O)c1. The molecule has 1 N–H and O–H groups in total. The number of aliphatic hydroxyl groups excluding tert-OH is 1. The molecule has 0 radical (unpaired) electrons.